The molecule has 0 bridgehead atoms. The van der Waals surface area contributed by atoms with Gasteiger partial charge in [-0.25, -0.2) is 0 Å². The zero-order valence-electron chi connectivity index (χ0n) is 29.9. The molecule has 0 saturated carbocycles. The van der Waals surface area contributed by atoms with Crippen LogP contribution in [0.15, 0.2) is 200 Å². The molecule has 0 radical (unpaired) electrons. The van der Waals surface area contributed by atoms with Gasteiger partial charge in [0, 0.05) is 39.9 Å². The smallest absolute Gasteiger partial charge is 0.0701 e. The van der Waals surface area contributed by atoms with E-state index in [1.54, 1.807) is 0 Å². The van der Waals surface area contributed by atoms with Crippen molar-refractivity contribution >= 4 is 34.1 Å². The van der Waals surface area contributed by atoms with Crippen molar-refractivity contribution in [1.29, 1.82) is 0 Å². The second-order valence-electron chi connectivity index (χ2n) is 14.1. The quantitative estimate of drug-likeness (QED) is 0.167. The molecule has 0 atom stereocenters. The third kappa shape index (κ3) is 5.96. The lowest BCUT2D eigenvalue weighted by atomic mass is 9.73. The highest BCUT2D eigenvalue weighted by Crippen LogP contribution is 2.52. The summed E-state index contributed by atoms with van der Waals surface area (Å²) in [6, 6.07) is 69.6. The number of hydrogen-bond acceptors (Lipinski definition) is 3. The maximum Gasteiger partial charge on any atom is 0.0701 e. The highest BCUT2D eigenvalue weighted by atomic mass is 15.2. The molecule has 0 fully saturated rings. The molecular formula is C50H39N3. The number of benzene rings is 7. The second-order valence-corrected chi connectivity index (χ2v) is 14.1. The maximum absolute atomic E-state index is 4.58. The van der Waals surface area contributed by atoms with Crippen molar-refractivity contribution in [2.45, 2.75) is 19.3 Å². The predicted octanol–water partition coefficient (Wildman–Crippen LogP) is 13.7. The van der Waals surface area contributed by atoms with E-state index in [1.165, 1.54) is 39.2 Å². The summed E-state index contributed by atoms with van der Waals surface area (Å²) < 4.78 is 0. The van der Waals surface area contributed by atoms with E-state index in [0.29, 0.717) is 0 Å². The molecule has 3 heteroatoms. The normalized spacial score (nSPS) is 12.8. The Balaban J connectivity index is 1.15. The Bertz CT molecular complexity index is 2420. The number of nitrogens with zero attached hydrogens (tertiary/aromatic N) is 3. The summed E-state index contributed by atoms with van der Waals surface area (Å²) in [5, 5.41) is 0. The first-order chi connectivity index (χ1) is 26.0. The van der Waals surface area contributed by atoms with E-state index in [4.69, 9.17) is 0 Å². The average Bonchev–Trinajstić information content (AvgIpc) is 3.23. The summed E-state index contributed by atoms with van der Waals surface area (Å²) >= 11 is 0. The van der Waals surface area contributed by atoms with Crippen LogP contribution in [0, 0.1) is 0 Å². The largest absolute Gasteiger partial charge is 0.310 e. The highest BCUT2D eigenvalue weighted by Gasteiger charge is 2.36. The van der Waals surface area contributed by atoms with E-state index in [0.717, 1.165) is 39.6 Å². The van der Waals surface area contributed by atoms with Gasteiger partial charge in [0.05, 0.1) is 17.1 Å². The molecule has 1 aliphatic heterocycles. The van der Waals surface area contributed by atoms with Gasteiger partial charge < -0.3 is 9.80 Å². The Hall–Kier alpha value is -6.71. The summed E-state index contributed by atoms with van der Waals surface area (Å²) in [6.45, 7) is 4.68. The first-order valence-corrected chi connectivity index (χ1v) is 18.2. The minimum atomic E-state index is -0.151. The lowest BCUT2D eigenvalue weighted by Gasteiger charge is -2.42. The van der Waals surface area contributed by atoms with Crippen LogP contribution in [0.1, 0.15) is 25.0 Å². The minimum absolute atomic E-state index is 0.151. The molecule has 0 amide bonds. The van der Waals surface area contributed by atoms with Crippen LogP contribution in [-0.4, -0.2) is 4.98 Å². The number of pyridine rings is 1. The molecule has 0 saturated heterocycles. The number of fused-ring (bicyclic) bond motifs is 2. The zero-order valence-corrected chi connectivity index (χ0v) is 29.9. The predicted molar refractivity (Wildman–Crippen MR) is 222 cm³/mol. The van der Waals surface area contributed by atoms with Crippen molar-refractivity contribution in [1.82, 2.24) is 4.98 Å². The monoisotopic (exact) mass is 681 g/mol. The van der Waals surface area contributed by atoms with E-state index >= 15 is 0 Å². The third-order valence-corrected chi connectivity index (χ3v) is 10.5. The lowest BCUT2D eigenvalue weighted by Crippen LogP contribution is -2.30. The first-order valence-electron chi connectivity index (χ1n) is 18.2. The molecule has 0 aliphatic carbocycles. The Kier molecular flexibility index (Phi) is 8.17. The topological polar surface area (TPSA) is 19.4 Å². The van der Waals surface area contributed by atoms with Crippen molar-refractivity contribution in [3.63, 3.8) is 0 Å². The van der Waals surface area contributed by atoms with E-state index in [9.17, 15) is 0 Å². The van der Waals surface area contributed by atoms with Crippen LogP contribution in [0.3, 0.4) is 0 Å². The fraction of sp³-hybridized carbons (Fsp3) is 0.0600. The summed E-state index contributed by atoms with van der Waals surface area (Å²) in [6.07, 6.45) is 1.84. The molecule has 8 aromatic rings. The van der Waals surface area contributed by atoms with Gasteiger partial charge in [0.15, 0.2) is 0 Å². The van der Waals surface area contributed by atoms with Gasteiger partial charge in [-0.2, -0.15) is 0 Å². The number of hydrogen-bond donors (Lipinski definition) is 0. The van der Waals surface area contributed by atoms with Crippen LogP contribution < -0.4 is 9.80 Å². The van der Waals surface area contributed by atoms with E-state index in [1.807, 2.05) is 18.3 Å². The van der Waals surface area contributed by atoms with Gasteiger partial charge >= 0.3 is 0 Å². The number of para-hydroxylation sites is 2. The van der Waals surface area contributed by atoms with E-state index < -0.39 is 0 Å². The number of anilines is 6. The van der Waals surface area contributed by atoms with Gasteiger partial charge in [0.2, 0.25) is 0 Å². The summed E-state index contributed by atoms with van der Waals surface area (Å²) in [5.74, 6) is 0. The maximum atomic E-state index is 4.58. The molecule has 53 heavy (non-hydrogen) atoms. The molecule has 0 N–H and O–H groups in total. The Labute approximate surface area is 312 Å². The zero-order chi connectivity index (χ0) is 35.8. The van der Waals surface area contributed by atoms with Crippen molar-refractivity contribution in [3.05, 3.63) is 211 Å². The molecule has 3 nitrogen and oxygen atoms in total. The van der Waals surface area contributed by atoms with Crippen molar-refractivity contribution in [2.75, 3.05) is 9.80 Å². The molecule has 254 valence electrons. The Morgan fingerprint density at radius 1 is 0.415 bits per heavy atom. The van der Waals surface area contributed by atoms with Crippen LogP contribution >= 0.6 is 0 Å². The molecule has 2 heterocycles. The van der Waals surface area contributed by atoms with Gasteiger partial charge in [0.1, 0.15) is 0 Å². The number of rotatable bonds is 7. The number of aromatic nitrogens is 1. The van der Waals surface area contributed by atoms with Gasteiger partial charge in [-0.05, 0) is 106 Å². The summed E-state index contributed by atoms with van der Waals surface area (Å²) in [7, 11) is 0. The lowest BCUT2D eigenvalue weighted by molar-refractivity contribution is 0.632. The minimum Gasteiger partial charge on any atom is -0.310 e. The Morgan fingerprint density at radius 3 is 1.70 bits per heavy atom. The summed E-state index contributed by atoms with van der Waals surface area (Å²) in [5.41, 5.74) is 16.1. The van der Waals surface area contributed by atoms with Crippen LogP contribution in [-0.2, 0) is 5.41 Å². The van der Waals surface area contributed by atoms with Crippen LogP contribution in [0.5, 0.6) is 0 Å². The highest BCUT2D eigenvalue weighted by molar-refractivity contribution is 5.89. The summed E-state index contributed by atoms with van der Waals surface area (Å²) in [4.78, 5) is 9.35. The molecule has 7 aromatic carbocycles. The molecule has 0 unspecified atom stereocenters. The molecule has 1 aliphatic rings. The van der Waals surface area contributed by atoms with Crippen LogP contribution in [0.4, 0.5) is 34.1 Å². The van der Waals surface area contributed by atoms with Crippen LogP contribution in [0.25, 0.3) is 33.5 Å². The Morgan fingerprint density at radius 2 is 0.981 bits per heavy atom. The molecule has 9 rings (SSSR count). The van der Waals surface area contributed by atoms with Crippen LogP contribution in [0.2, 0.25) is 0 Å². The SMILES string of the molecule is CC1(C)c2ccccc2N(c2ccccc2)c2cc(-c3cccc(N(c4ccc(-c5ccccc5)cc4)c4ccc(-c5ccccn5)cc4)c3)ccc21. The molecule has 0 spiro atoms. The van der Waals surface area contributed by atoms with E-state index in [2.05, 4.69) is 211 Å². The fourth-order valence-corrected chi connectivity index (χ4v) is 7.77. The van der Waals surface area contributed by atoms with Crippen molar-refractivity contribution in [3.8, 4) is 33.5 Å². The van der Waals surface area contributed by atoms with Crippen molar-refractivity contribution in [2.24, 2.45) is 0 Å². The van der Waals surface area contributed by atoms with Gasteiger partial charge in [-0.15, -0.1) is 0 Å². The van der Waals surface area contributed by atoms with Crippen molar-refractivity contribution < 1.29 is 0 Å². The van der Waals surface area contributed by atoms with Gasteiger partial charge in [-0.1, -0.05) is 135 Å². The third-order valence-electron chi connectivity index (χ3n) is 10.5. The average molecular weight is 682 g/mol. The fourth-order valence-electron chi connectivity index (χ4n) is 7.77. The molecule has 1 aromatic heterocycles. The van der Waals surface area contributed by atoms with Gasteiger partial charge in [-0.3, -0.25) is 4.98 Å². The molecular weight excluding hydrogens is 643 g/mol. The standard InChI is InChI=1S/C50H39N3/c1-50(2)45-20-9-10-22-48(45)53(41-17-7-4-8-18-41)49-35-40(27-32-46(49)50)39-16-13-19-44(34-39)52(42-28-23-37(24-29-42)36-14-5-3-6-15-36)43-30-25-38(26-31-43)47-21-11-12-33-51-47/h3-35H,1-2H3. The van der Waals surface area contributed by atoms with E-state index in [-0.39, 0.29) is 5.41 Å². The second kappa shape index (κ2) is 13.4. The first kappa shape index (κ1) is 32.2. The van der Waals surface area contributed by atoms with Gasteiger partial charge in [0.25, 0.3) is 0 Å².